The first-order valence-electron chi connectivity index (χ1n) is 5.06. The van der Waals surface area contributed by atoms with Crippen LogP contribution in [0.5, 0.6) is 5.75 Å². The second kappa shape index (κ2) is 6.05. The van der Waals surface area contributed by atoms with E-state index in [0.717, 1.165) is 6.07 Å². The van der Waals surface area contributed by atoms with E-state index in [2.05, 4.69) is 0 Å². The van der Waals surface area contributed by atoms with Crippen molar-refractivity contribution >= 4 is 17.3 Å². The minimum atomic E-state index is -1.36. The SMILES string of the molecule is COc1cc(C(O)C(O)CCCl)c(F)cc1N. The number of nitrogen functional groups attached to an aromatic ring is 1. The maximum Gasteiger partial charge on any atom is 0.142 e. The molecule has 1 aromatic rings. The van der Waals surface area contributed by atoms with Crippen LogP contribution < -0.4 is 10.5 Å². The van der Waals surface area contributed by atoms with Crippen molar-refractivity contribution < 1.29 is 19.3 Å². The molecule has 96 valence electrons. The Morgan fingerprint density at radius 2 is 2.12 bits per heavy atom. The Hall–Kier alpha value is -1.04. The lowest BCUT2D eigenvalue weighted by atomic mass is 10.0. The fourth-order valence-electron chi connectivity index (χ4n) is 1.46. The summed E-state index contributed by atoms with van der Waals surface area (Å²) in [6.45, 7) is 0. The molecule has 0 bridgehead atoms. The quantitative estimate of drug-likeness (QED) is 0.555. The minimum absolute atomic E-state index is 0.0614. The van der Waals surface area contributed by atoms with Gasteiger partial charge in [-0.3, -0.25) is 0 Å². The fraction of sp³-hybridized carbons (Fsp3) is 0.455. The molecule has 0 aliphatic heterocycles. The largest absolute Gasteiger partial charge is 0.495 e. The van der Waals surface area contributed by atoms with Crippen LogP contribution in [0.3, 0.4) is 0 Å². The molecule has 2 unspecified atom stereocenters. The highest BCUT2D eigenvalue weighted by Gasteiger charge is 2.22. The molecule has 0 aliphatic carbocycles. The molecule has 6 heteroatoms. The van der Waals surface area contributed by atoms with E-state index in [1.165, 1.54) is 13.2 Å². The molecule has 0 saturated carbocycles. The Kier molecular flexibility index (Phi) is 4.99. The molecule has 1 aromatic carbocycles. The number of aliphatic hydroxyl groups is 2. The smallest absolute Gasteiger partial charge is 0.142 e. The predicted octanol–water partition coefficient (Wildman–Crippen LogP) is 1.44. The van der Waals surface area contributed by atoms with Crippen LogP contribution in [-0.4, -0.2) is 29.3 Å². The Bertz CT molecular complexity index is 389. The van der Waals surface area contributed by atoms with Gasteiger partial charge in [-0.2, -0.15) is 0 Å². The fourth-order valence-corrected chi connectivity index (χ4v) is 1.69. The van der Waals surface area contributed by atoms with Gasteiger partial charge in [-0.05, 0) is 12.5 Å². The lowest BCUT2D eigenvalue weighted by Crippen LogP contribution is -2.20. The summed E-state index contributed by atoms with van der Waals surface area (Å²) in [7, 11) is 1.38. The number of rotatable bonds is 5. The summed E-state index contributed by atoms with van der Waals surface area (Å²) in [6, 6.07) is 2.32. The first kappa shape index (κ1) is 14.0. The zero-order chi connectivity index (χ0) is 13.0. The number of halogens is 2. The van der Waals surface area contributed by atoms with E-state index in [1.54, 1.807) is 0 Å². The Balaban J connectivity index is 3.04. The Labute approximate surface area is 104 Å². The maximum absolute atomic E-state index is 13.6. The first-order valence-corrected chi connectivity index (χ1v) is 5.59. The van der Waals surface area contributed by atoms with Gasteiger partial charge in [-0.25, -0.2) is 4.39 Å². The second-order valence-electron chi connectivity index (χ2n) is 3.61. The van der Waals surface area contributed by atoms with E-state index in [9.17, 15) is 14.6 Å². The van der Waals surface area contributed by atoms with Crippen molar-refractivity contribution in [3.05, 3.63) is 23.5 Å². The summed E-state index contributed by atoms with van der Waals surface area (Å²) in [6.07, 6.45) is -2.33. The van der Waals surface area contributed by atoms with Gasteiger partial charge in [0.25, 0.3) is 0 Å². The zero-order valence-electron chi connectivity index (χ0n) is 9.36. The van der Waals surface area contributed by atoms with Crippen molar-refractivity contribution in [2.75, 3.05) is 18.7 Å². The summed E-state index contributed by atoms with van der Waals surface area (Å²) in [5.74, 6) is -0.269. The van der Waals surface area contributed by atoms with Crippen molar-refractivity contribution in [2.45, 2.75) is 18.6 Å². The summed E-state index contributed by atoms with van der Waals surface area (Å²) < 4.78 is 18.5. The number of benzene rings is 1. The van der Waals surface area contributed by atoms with Crippen LogP contribution in [0.1, 0.15) is 18.1 Å². The van der Waals surface area contributed by atoms with Gasteiger partial charge in [-0.1, -0.05) is 0 Å². The van der Waals surface area contributed by atoms with Crippen LogP contribution in [-0.2, 0) is 0 Å². The van der Waals surface area contributed by atoms with Crippen LogP contribution in [0.4, 0.5) is 10.1 Å². The third kappa shape index (κ3) is 3.21. The lowest BCUT2D eigenvalue weighted by Gasteiger charge is -2.19. The highest BCUT2D eigenvalue weighted by atomic mass is 35.5. The number of hydrogen-bond acceptors (Lipinski definition) is 4. The van der Waals surface area contributed by atoms with Gasteiger partial charge < -0.3 is 20.7 Å². The summed E-state index contributed by atoms with van der Waals surface area (Å²) in [5, 5.41) is 19.3. The number of ether oxygens (including phenoxy) is 1. The number of nitrogens with two attached hydrogens (primary N) is 1. The van der Waals surface area contributed by atoms with Crippen molar-refractivity contribution in [1.82, 2.24) is 0 Å². The number of aliphatic hydroxyl groups excluding tert-OH is 2. The van der Waals surface area contributed by atoms with Gasteiger partial charge in [0.05, 0.1) is 18.9 Å². The number of alkyl halides is 1. The highest BCUT2D eigenvalue weighted by Crippen LogP contribution is 2.30. The van der Waals surface area contributed by atoms with Gasteiger partial charge in [0.1, 0.15) is 17.7 Å². The van der Waals surface area contributed by atoms with Crippen molar-refractivity contribution in [2.24, 2.45) is 0 Å². The lowest BCUT2D eigenvalue weighted by molar-refractivity contribution is 0.0148. The van der Waals surface area contributed by atoms with Crippen LogP contribution in [0.25, 0.3) is 0 Å². The molecule has 0 spiro atoms. The normalized spacial score (nSPS) is 14.4. The molecule has 17 heavy (non-hydrogen) atoms. The molecule has 4 N–H and O–H groups in total. The van der Waals surface area contributed by atoms with E-state index < -0.39 is 18.0 Å². The average Bonchev–Trinajstić information content (AvgIpc) is 2.29. The Morgan fingerprint density at radius 1 is 1.47 bits per heavy atom. The summed E-state index contributed by atoms with van der Waals surface area (Å²) in [4.78, 5) is 0. The van der Waals surface area contributed by atoms with Crippen LogP contribution in [0, 0.1) is 5.82 Å². The third-order valence-corrected chi connectivity index (χ3v) is 2.66. The minimum Gasteiger partial charge on any atom is -0.495 e. The Morgan fingerprint density at radius 3 is 2.65 bits per heavy atom. The third-order valence-electron chi connectivity index (χ3n) is 2.44. The van der Waals surface area contributed by atoms with E-state index in [0.29, 0.717) is 0 Å². The summed E-state index contributed by atoms with van der Waals surface area (Å²) in [5.41, 5.74) is 5.58. The van der Waals surface area contributed by atoms with Crippen molar-refractivity contribution in [3.8, 4) is 5.75 Å². The molecule has 0 saturated heterocycles. The van der Waals surface area contributed by atoms with Gasteiger partial charge in [0.2, 0.25) is 0 Å². The molecule has 0 fully saturated rings. The van der Waals surface area contributed by atoms with E-state index in [4.69, 9.17) is 22.1 Å². The molecule has 4 nitrogen and oxygen atoms in total. The van der Waals surface area contributed by atoms with Crippen LogP contribution >= 0.6 is 11.6 Å². The second-order valence-corrected chi connectivity index (χ2v) is 3.98. The molecule has 0 aliphatic rings. The standard InChI is InChI=1S/C11H15ClFNO3/c1-17-10-4-6(7(13)5-8(10)14)11(16)9(15)2-3-12/h4-5,9,11,15-16H,2-3,14H2,1H3. The molecule has 0 aromatic heterocycles. The van der Waals surface area contributed by atoms with E-state index >= 15 is 0 Å². The molecular weight excluding hydrogens is 249 g/mol. The van der Waals surface area contributed by atoms with Crippen LogP contribution in [0.15, 0.2) is 12.1 Å². The first-order chi connectivity index (χ1) is 8.01. The number of anilines is 1. The monoisotopic (exact) mass is 263 g/mol. The van der Waals surface area contributed by atoms with Crippen LogP contribution in [0.2, 0.25) is 0 Å². The molecule has 0 amide bonds. The molecular formula is C11H15ClFNO3. The highest BCUT2D eigenvalue weighted by molar-refractivity contribution is 6.17. The maximum atomic E-state index is 13.6. The van der Waals surface area contributed by atoms with Gasteiger partial charge in [-0.15, -0.1) is 11.6 Å². The van der Waals surface area contributed by atoms with Crippen molar-refractivity contribution in [1.29, 1.82) is 0 Å². The average molecular weight is 264 g/mol. The van der Waals surface area contributed by atoms with Gasteiger partial charge >= 0.3 is 0 Å². The zero-order valence-corrected chi connectivity index (χ0v) is 10.1. The molecule has 2 atom stereocenters. The molecule has 0 radical (unpaired) electrons. The predicted molar refractivity (Wildman–Crippen MR) is 63.7 cm³/mol. The van der Waals surface area contributed by atoms with E-state index in [1.807, 2.05) is 0 Å². The number of hydrogen-bond donors (Lipinski definition) is 3. The topological polar surface area (TPSA) is 75.7 Å². The van der Waals surface area contributed by atoms with E-state index in [-0.39, 0.29) is 29.3 Å². The summed E-state index contributed by atoms with van der Waals surface area (Å²) >= 11 is 5.44. The molecule has 1 rings (SSSR count). The van der Waals surface area contributed by atoms with Gasteiger partial charge in [0, 0.05) is 17.5 Å². The van der Waals surface area contributed by atoms with Gasteiger partial charge in [0.15, 0.2) is 0 Å². The van der Waals surface area contributed by atoms with Crippen molar-refractivity contribution in [3.63, 3.8) is 0 Å². The number of methoxy groups -OCH3 is 1. The molecule has 0 heterocycles.